The smallest absolute Gasteiger partial charge is 0.548 e. The van der Waals surface area contributed by atoms with Gasteiger partial charge in [0.2, 0.25) is 0 Å². The molecule has 23 heavy (non-hydrogen) atoms. The summed E-state index contributed by atoms with van der Waals surface area (Å²) < 4.78 is 4.72. The molecule has 0 radical (unpaired) electrons. The van der Waals surface area contributed by atoms with Crippen LogP contribution in [0.5, 0.6) is 0 Å². The molecule has 0 aromatic rings. The zero-order valence-corrected chi connectivity index (χ0v) is 19.1. The van der Waals surface area contributed by atoms with Crippen LogP contribution in [0.4, 0.5) is 0 Å². The molecule has 5 nitrogen and oxygen atoms in total. The number of carbonyl (C=O) groups excluding carboxylic acids is 2. The number of unbranched alkanes of at least 4 members (excludes halogenated alkanes) is 9. The summed E-state index contributed by atoms with van der Waals surface area (Å²) in [5.41, 5.74) is 0. The Balaban J connectivity index is -0.00000200. The van der Waals surface area contributed by atoms with Crippen LogP contribution in [0.2, 0.25) is 0 Å². The van der Waals surface area contributed by atoms with Crippen LogP contribution in [0.15, 0.2) is 0 Å². The number of hydrogen-bond acceptors (Lipinski definition) is 5. The SMILES string of the molecule is CCCCCCCCCCCCC(OCC(=O)[O-])C(=O)[O-].[Na+].[Na+]. The first kappa shape index (κ1) is 28.7. The molecular formula is C16H28Na2O5. The second-order valence-electron chi connectivity index (χ2n) is 5.46. The zero-order chi connectivity index (χ0) is 15.9. The fourth-order valence-electron chi connectivity index (χ4n) is 2.26. The molecule has 1 unspecified atom stereocenters. The number of rotatable bonds is 15. The van der Waals surface area contributed by atoms with Crippen molar-refractivity contribution in [3.05, 3.63) is 0 Å². The molecule has 0 N–H and O–H groups in total. The Bertz CT molecular complexity index is 288. The van der Waals surface area contributed by atoms with Crippen molar-refractivity contribution in [1.29, 1.82) is 0 Å². The van der Waals surface area contributed by atoms with E-state index in [4.69, 9.17) is 4.74 Å². The first-order valence-corrected chi connectivity index (χ1v) is 8.10. The van der Waals surface area contributed by atoms with Crippen molar-refractivity contribution in [1.82, 2.24) is 0 Å². The van der Waals surface area contributed by atoms with Gasteiger partial charge in [0.05, 0.1) is 24.6 Å². The summed E-state index contributed by atoms with van der Waals surface area (Å²) in [6.07, 6.45) is 10.8. The number of aliphatic carboxylic acids is 2. The van der Waals surface area contributed by atoms with Gasteiger partial charge < -0.3 is 24.5 Å². The van der Waals surface area contributed by atoms with Crippen molar-refractivity contribution in [2.24, 2.45) is 0 Å². The summed E-state index contributed by atoms with van der Waals surface area (Å²) in [5, 5.41) is 21.0. The Kier molecular flexibility index (Phi) is 26.1. The summed E-state index contributed by atoms with van der Waals surface area (Å²) in [6, 6.07) is 0. The van der Waals surface area contributed by atoms with Gasteiger partial charge in [-0.2, -0.15) is 0 Å². The van der Waals surface area contributed by atoms with Crippen molar-refractivity contribution < 1.29 is 83.7 Å². The molecule has 1 atom stereocenters. The maximum Gasteiger partial charge on any atom is 1.00 e. The average molecular weight is 346 g/mol. The number of ether oxygens (including phenoxy) is 1. The largest absolute Gasteiger partial charge is 1.00 e. The molecule has 7 heteroatoms. The average Bonchev–Trinajstić information content (AvgIpc) is 2.43. The molecular weight excluding hydrogens is 318 g/mol. The quantitative estimate of drug-likeness (QED) is 0.219. The molecule has 0 aliphatic heterocycles. The van der Waals surface area contributed by atoms with E-state index in [1.54, 1.807) is 0 Å². The van der Waals surface area contributed by atoms with E-state index in [0.29, 0.717) is 12.8 Å². The molecule has 0 aromatic carbocycles. The first-order valence-electron chi connectivity index (χ1n) is 8.10. The Hall–Kier alpha value is 0.900. The van der Waals surface area contributed by atoms with Crippen molar-refractivity contribution >= 4 is 11.9 Å². The fourth-order valence-corrected chi connectivity index (χ4v) is 2.26. The van der Waals surface area contributed by atoms with Crippen LogP contribution in [-0.2, 0) is 14.3 Å². The molecule has 0 heterocycles. The van der Waals surface area contributed by atoms with E-state index in [1.165, 1.54) is 44.9 Å². The third kappa shape index (κ3) is 20.9. The van der Waals surface area contributed by atoms with Gasteiger partial charge in [-0.25, -0.2) is 0 Å². The summed E-state index contributed by atoms with van der Waals surface area (Å²) in [4.78, 5) is 21.0. The summed E-state index contributed by atoms with van der Waals surface area (Å²) in [6.45, 7) is 1.51. The van der Waals surface area contributed by atoms with Gasteiger partial charge in [-0.15, -0.1) is 0 Å². The Morgan fingerprint density at radius 2 is 1.26 bits per heavy atom. The predicted octanol–water partition coefficient (Wildman–Crippen LogP) is -4.81. The third-order valence-corrected chi connectivity index (χ3v) is 3.49. The molecule has 0 saturated carbocycles. The summed E-state index contributed by atoms with van der Waals surface area (Å²) >= 11 is 0. The predicted molar refractivity (Wildman–Crippen MR) is 76.2 cm³/mol. The topological polar surface area (TPSA) is 89.5 Å². The van der Waals surface area contributed by atoms with Crippen LogP contribution in [0.25, 0.3) is 0 Å². The monoisotopic (exact) mass is 346 g/mol. The van der Waals surface area contributed by atoms with E-state index in [2.05, 4.69) is 6.92 Å². The maximum atomic E-state index is 10.8. The second-order valence-corrected chi connectivity index (χ2v) is 5.46. The maximum absolute atomic E-state index is 10.8. The van der Waals surface area contributed by atoms with E-state index in [9.17, 15) is 19.8 Å². The normalized spacial score (nSPS) is 11.2. The molecule has 0 rings (SSSR count). The molecule has 124 valence electrons. The molecule has 0 saturated heterocycles. The van der Waals surface area contributed by atoms with Crippen LogP contribution in [-0.4, -0.2) is 24.6 Å². The minimum atomic E-state index is -1.41. The van der Waals surface area contributed by atoms with Gasteiger partial charge in [-0.05, 0) is 6.42 Å². The van der Waals surface area contributed by atoms with Crippen molar-refractivity contribution in [3.63, 3.8) is 0 Å². The number of hydrogen-bond donors (Lipinski definition) is 0. The van der Waals surface area contributed by atoms with E-state index in [1.807, 2.05) is 0 Å². The van der Waals surface area contributed by atoms with Crippen LogP contribution in [0.3, 0.4) is 0 Å². The van der Waals surface area contributed by atoms with Gasteiger partial charge in [0.15, 0.2) is 0 Å². The van der Waals surface area contributed by atoms with Gasteiger partial charge in [0.1, 0.15) is 0 Å². The van der Waals surface area contributed by atoms with Crippen molar-refractivity contribution in [3.8, 4) is 0 Å². The molecule has 0 aromatic heterocycles. The molecule has 0 fully saturated rings. The Morgan fingerprint density at radius 3 is 1.65 bits per heavy atom. The summed E-state index contributed by atoms with van der Waals surface area (Å²) in [7, 11) is 0. The Morgan fingerprint density at radius 1 is 0.826 bits per heavy atom. The van der Waals surface area contributed by atoms with Crippen LogP contribution in [0.1, 0.15) is 77.6 Å². The van der Waals surface area contributed by atoms with Gasteiger partial charge in [0, 0.05) is 0 Å². The minimum absolute atomic E-state index is 0. The minimum Gasteiger partial charge on any atom is -0.548 e. The second kappa shape index (κ2) is 20.9. The van der Waals surface area contributed by atoms with Gasteiger partial charge in [-0.3, -0.25) is 0 Å². The third-order valence-electron chi connectivity index (χ3n) is 3.49. The van der Waals surface area contributed by atoms with Crippen molar-refractivity contribution in [2.75, 3.05) is 6.61 Å². The van der Waals surface area contributed by atoms with Crippen molar-refractivity contribution in [2.45, 2.75) is 83.7 Å². The van der Waals surface area contributed by atoms with Crippen LogP contribution >= 0.6 is 0 Å². The molecule has 0 aliphatic carbocycles. The Labute approximate surface area is 184 Å². The van der Waals surface area contributed by atoms with Gasteiger partial charge in [0.25, 0.3) is 0 Å². The van der Waals surface area contributed by atoms with Gasteiger partial charge >= 0.3 is 59.1 Å². The van der Waals surface area contributed by atoms with Gasteiger partial charge in [-0.1, -0.05) is 71.1 Å². The zero-order valence-electron chi connectivity index (χ0n) is 15.1. The van der Waals surface area contributed by atoms with E-state index in [-0.39, 0.29) is 59.1 Å². The molecule has 0 bridgehead atoms. The fraction of sp³-hybridized carbons (Fsp3) is 0.875. The van der Waals surface area contributed by atoms with E-state index < -0.39 is 24.6 Å². The number of carboxylic acid groups (broad SMARTS) is 2. The van der Waals surface area contributed by atoms with Crippen LogP contribution < -0.4 is 69.3 Å². The van der Waals surface area contributed by atoms with E-state index >= 15 is 0 Å². The summed E-state index contributed by atoms with van der Waals surface area (Å²) in [5.74, 6) is -2.77. The number of carboxylic acids is 2. The van der Waals surface area contributed by atoms with Crippen LogP contribution in [0, 0.1) is 0 Å². The van der Waals surface area contributed by atoms with E-state index in [0.717, 1.165) is 12.8 Å². The molecule has 0 spiro atoms. The molecule has 0 amide bonds. The standard InChI is InChI=1S/C16H30O5.2Na/c1-2-3-4-5-6-7-8-9-10-11-12-14(16(19)20)21-13-15(17)18;;/h14H,2-13H2,1H3,(H,17,18)(H,19,20);;/q;2*+1/p-2. The number of carbonyl (C=O) groups is 2. The molecule has 0 aliphatic rings. The first-order chi connectivity index (χ1) is 10.1.